The first-order chi connectivity index (χ1) is 12.1. The number of aromatic nitrogens is 3. The molecule has 0 N–H and O–H groups in total. The average Bonchev–Trinajstić information content (AvgIpc) is 3.06. The number of fused-ring (bicyclic) bond motifs is 1. The van der Waals surface area contributed by atoms with Gasteiger partial charge in [-0.1, -0.05) is 23.7 Å². The smallest absolute Gasteiger partial charge is 0.243 e. The van der Waals surface area contributed by atoms with Crippen LogP contribution in [-0.4, -0.2) is 40.4 Å². The summed E-state index contributed by atoms with van der Waals surface area (Å²) in [7, 11) is -3.51. The van der Waals surface area contributed by atoms with E-state index in [0.29, 0.717) is 18.1 Å². The molecule has 1 aliphatic rings. The Morgan fingerprint density at radius 2 is 1.84 bits per heavy atom. The van der Waals surface area contributed by atoms with Crippen molar-refractivity contribution in [1.82, 2.24) is 18.9 Å². The fourth-order valence-corrected chi connectivity index (χ4v) is 5.04. The molecule has 0 aliphatic carbocycles. The Kier molecular flexibility index (Phi) is 4.23. The maximum atomic E-state index is 12.8. The predicted octanol–water partition coefficient (Wildman–Crippen LogP) is 2.95. The minimum absolute atomic E-state index is 0.197. The summed E-state index contributed by atoms with van der Waals surface area (Å²) in [6.07, 6.45) is 3.38. The molecule has 0 radical (unpaired) electrons. The minimum atomic E-state index is -3.51. The summed E-state index contributed by atoms with van der Waals surface area (Å²) in [5.41, 5.74) is 0.812. The molecule has 0 amide bonds. The number of pyridine rings is 1. The molecule has 3 heterocycles. The van der Waals surface area contributed by atoms with Gasteiger partial charge in [0.25, 0.3) is 0 Å². The van der Waals surface area contributed by atoms with Gasteiger partial charge in [0.1, 0.15) is 5.82 Å². The van der Waals surface area contributed by atoms with Gasteiger partial charge >= 0.3 is 0 Å². The van der Waals surface area contributed by atoms with E-state index in [4.69, 9.17) is 11.6 Å². The lowest BCUT2D eigenvalue weighted by Gasteiger charge is -2.30. The van der Waals surface area contributed by atoms with Gasteiger partial charge in [0, 0.05) is 30.2 Å². The first kappa shape index (κ1) is 16.5. The number of piperidine rings is 1. The fourth-order valence-electron chi connectivity index (χ4n) is 3.27. The molecule has 6 nitrogen and oxygen atoms in total. The molecule has 1 aliphatic heterocycles. The molecule has 0 spiro atoms. The van der Waals surface area contributed by atoms with Crippen LogP contribution in [0.4, 0.5) is 0 Å². The van der Waals surface area contributed by atoms with E-state index in [1.165, 1.54) is 10.4 Å². The largest absolute Gasteiger partial charge is 0.286 e. The lowest BCUT2D eigenvalue weighted by atomic mass is 9.97. The second kappa shape index (κ2) is 6.40. The van der Waals surface area contributed by atoms with Gasteiger partial charge in [0.2, 0.25) is 10.0 Å². The molecule has 0 bridgehead atoms. The Morgan fingerprint density at radius 3 is 2.60 bits per heavy atom. The molecule has 25 heavy (non-hydrogen) atoms. The van der Waals surface area contributed by atoms with Crippen LogP contribution in [0.5, 0.6) is 0 Å². The third kappa shape index (κ3) is 3.03. The molecule has 1 aromatic carbocycles. The lowest BCUT2D eigenvalue weighted by Crippen LogP contribution is -2.38. The normalized spacial score (nSPS) is 17.2. The molecule has 2 aromatic heterocycles. The predicted molar refractivity (Wildman–Crippen MR) is 95.2 cm³/mol. The van der Waals surface area contributed by atoms with Crippen molar-refractivity contribution in [2.75, 3.05) is 13.1 Å². The van der Waals surface area contributed by atoms with Gasteiger partial charge in [-0.05, 0) is 43.2 Å². The zero-order valence-electron chi connectivity index (χ0n) is 13.4. The van der Waals surface area contributed by atoms with E-state index in [1.807, 2.05) is 28.8 Å². The number of benzene rings is 1. The average molecular weight is 377 g/mol. The minimum Gasteiger partial charge on any atom is -0.286 e. The molecular formula is C17H17ClN4O2S. The zero-order chi connectivity index (χ0) is 17.4. The van der Waals surface area contributed by atoms with Gasteiger partial charge in [-0.3, -0.25) is 4.40 Å². The van der Waals surface area contributed by atoms with Gasteiger partial charge in [-0.15, -0.1) is 10.2 Å². The summed E-state index contributed by atoms with van der Waals surface area (Å²) >= 11 is 5.94. The van der Waals surface area contributed by atoms with Crippen molar-refractivity contribution in [1.29, 1.82) is 0 Å². The molecule has 1 fully saturated rings. The highest BCUT2D eigenvalue weighted by Crippen LogP contribution is 2.30. The number of hydrogen-bond donors (Lipinski definition) is 0. The van der Waals surface area contributed by atoms with E-state index in [2.05, 4.69) is 10.2 Å². The van der Waals surface area contributed by atoms with Gasteiger partial charge < -0.3 is 0 Å². The SMILES string of the molecule is O=S(=O)(c1cccc(Cl)c1)N1CCC(c2nnc3ccccn23)CC1. The van der Waals surface area contributed by atoms with Crippen LogP contribution < -0.4 is 0 Å². The van der Waals surface area contributed by atoms with Gasteiger partial charge in [0.15, 0.2) is 5.65 Å². The monoisotopic (exact) mass is 376 g/mol. The maximum Gasteiger partial charge on any atom is 0.243 e. The van der Waals surface area contributed by atoms with Crippen molar-refractivity contribution in [3.63, 3.8) is 0 Å². The summed E-state index contributed by atoms with van der Waals surface area (Å²) in [6.45, 7) is 0.919. The summed E-state index contributed by atoms with van der Waals surface area (Å²) in [5, 5.41) is 8.91. The van der Waals surface area contributed by atoms with Gasteiger partial charge in [-0.2, -0.15) is 4.31 Å². The Hall–Kier alpha value is -1.96. The number of nitrogens with zero attached hydrogens (tertiary/aromatic N) is 4. The van der Waals surface area contributed by atoms with Crippen LogP contribution in [0.2, 0.25) is 5.02 Å². The summed E-state index contributed by atoms with van der Waals surface area (Å²) in [5.74, 6) is 1.10. The van der Waals surface area contributed by atoms with Crippen molar-refractivity contribution in [3.05, 3.63) is 59.5 Å². The standard InChI is InChI=1S/C17H17ClN4O2S/c18-14-4-3-5-15(12-14)25(23,24)21-10-7-13(8-11-21)17-20-19-16-6-1-2-9-22(16)17/h1-6,9,12-13H,7-8,10-11H2. The highest BCUT2D eigenvalue weighted by Gasteiger charge is 2.31. The van der Waals surface area contributed by atoms with Crippen LogP contribution >= 0.6 is 11.6 Å². The Morgan fingerprint density at radius 1 is 1.04 bits per heavy atom. The first-order valence-electron chi connectivity index (χ1n) is 8.11. The van der Waals surface area contributed by atoms with E-state index >= 15 is 0 Å². The number of hydrogen-bond acceptors (Lipinski definition) is 4. The second-order valence-corrected chi connectivity index (χ2v) is 8.50. The van der Waals surface area contributed by atoms with Crippen LogP contribution in [0.3, 0.4) is 0 Å². The third-order valence-electron chi connectivity index (χ3n) is 4.59. The molecule has 0 atom stereocenters. The second-order valence-electron chi connectivity index (χ2n) is 6.12. The topological polar surface area (TPSA) is 67.6 Å². The van der Waals surface area contributed by atoms with Crippen LogP contribution in [0.25, 0.3) is 5.65 Å². The van der Waals surface area contributed by atoms with Crippen molar-refractivity contribution in [2.24, 2.45) is 0 Å². The molecule has 3 aromatic rings. The quantitative estimate of drug-likeness (QED) is 0.704. The summed E-state index contributed by atoms with van der Waals surface area (Å²) in [6, 6.07) is 12.2. The van der Waals surface area contributed by atoms with E-state index in [9.17, 15) is 8.42 Å². The van der Waals surface area contributed by atoms with Crippen LogP contribution in [0, 0.1) is 0 Å². The van der Waals surface area contributed by atoms with E-state index in [0.717, 1.165) is 24.3 Å². The molecule has 0 saturated carbocycles. The highest BCUT2D eigenvalue weighted by molar-refractivity contribution is 7.89. The first-order valence-corrected chi connectivity index (χ1v) is 9.93. The van der Waals surface area contributed by atoms with Crippen LogP contribution in [-0.2, 0) is 10.0 Å². The van der Waals surface area contributed by atoms with Gasteiger partial charge in [0.05, 0.1) is 4.90 Å². The number of sulfonamides is 1. The Labute approximate surface area is 151 Å². The van der Waals surface area contributed by atoms with E-state index < -0.39 is 10.0 Å². The number of rotatable bonds is 3. The van der Waals surface area contributed by atoms with Gasteiger partial charge in [-0.25, -0.2) is 8.42 Å². The molecule has 130 valence electrons. The van der Waals surface area contributed by atoms with E-state index in [1.54, 1.807) is 18.2 Å². The lowest BCUT2D eigenvalue weighted by molar-refractivity contribution is 0.312. The molecule has 0 unspecified atom stereocenters. The molecule has 4 rings (SSSR count). The zero-order valence-corrected chi connectivity index (χ0v) is 15.0. The molecular weight excluding hydrogens is 360 g/mol. The van der Waals surface area contributed by atoms with Crippen molar-refractivity contribution >= 4 is 27.3 Å². The Balaban J connectivity index is 1.53. The number of halogens is 1. The molecule has 8 heteroatoms. The van der Waals surface area contributed by atoms with Crippen molar-refractivity contribution in [2.45, 2.75) is 23.7 Å². The van der Waals surface area contributed by atoms with Crippen LogP contribution in [0.15, 0.2) is 53.6 Å². The van der Waals surface area contributed by atoms with Crippen molar-refractivity contribution in [3.8, 4) is 0 Å². The highest BCUT2D eigenvalue weighted by atomic mass is 35.5. The summed E-state index contributed by atoms with van der Waals surface area (Å²) < 4.78 is 29.1. The maximum absolute atomic E-state index is 12.8. The Bertz CT molecular complexity index is 1010. The van der Waals surface area contributed by atoms with Crippen LogP contribution in [0.1, 0.15) is 24.6 Å². The van der Waals surface area contributed by atoms with Crippen molar-refractivity contribution < 1.29 is 8.42 Å². The third-order valence-corrected chi connectivity index (χ3v) is 6.72. The fraction of sp³-hybridized carbons (Fsp3) is 0.294. The molecule has 1 saturated heterocycles. The van der Waals surface area contributed by atoms with E-state index in [-0.39, 0.29) is 10.8 Å². The summed E-state index contributed by atoms with van der Waals surface area (Å²) in [4.78, 5) is 0.242.